The molecule has 5 nitrogen and oxygen atoms in total. The van der Waals surface area contributed by atoms with Crippen LogP contribution in [0, 0.1) is 6.92 Å². The van der Waals surface area contributed by atoms with Crippen LogP contribution in [0.4, 0.5) is 4.39 Å². The van der Waals surface area contributed by atoms with Crippen LogP contribution in [0.15, 0.2) is 53.3 Å². The van der Waals surface area contributed by atoms with Crippen LogP contribution < -0.4 is 5.32 Å². The highest BCUT2D eigenvalue weighted by molar-refractivity contribution is 6.47. The van der Waals surface area contributed by atoms with E-state index >= 15 is 0 Å². The molecule has 1 aromatic carbocycles. The van der Waals surface area contributed by atoms with E-state index in [4.69, 9.17) is 4.99 Å². The second-order valence-corrected chi connectivity index (χ2v) is 8.14. The third kappa shape index (κ3) is 4.02. The van der Waals surface area contributed by atoms with Crippen molar-refractivity contribution in [2.24, 2.45) is 4.99 Å². The van der Waals surface area contributed by atoms with Crippen LogP contribution in [-0.2, 0) is 9.59 Å². The number of carbonyl (C=O) groups excluding carboxylic acids is 2. The zero-order valence-electron chi connectivity index (χ0n) is 16.7. The number of hydrogen-bond acceptors (Lipinski definition) is 3. The predicted molar refractivity (Wildman–Crippen MR) is 110 cm³/mol. The largest absolute Gasteiger partial charge is 0.348 e. The Kier molecular flexibility index (Phi) is 5.35. The van der Waals surface area contributed by atoms with Gasteiger partial charge >= 0.3 is 0 Å². The van der Waals surface area contributed by atoms with Gasteiger partial charge in [-0.25, -0.2) is 4.39 Å². The Morgan fingerprint density at radius 2 is 1.97 bits per heavy atom. The minimum atomic E-state index is -0.638. The second-order valence-electron chi connectivity index (χ2n) is 8.14. The highest BCUT2D eigenvalue weighted by atomic mass is 19.1. The van der Waals surface area contributed by atoms with Crippen molar-refractivity contribution in [3.05, 3.63) is 59.4 Å². The summed E-state index contributed by atoms with van der Waals surface area (Å²) in [5.41, 5.74) is 1.70. The van der Waals surface area contributed by atoms with Crippen LogP contribution in [0.3, 0.4) is 0 Å². The van der Waals surface area contributed by atoms with E-state index < -0.39 is 5.66 Å². The number of halogens is 1. The lowest BCUT2D eigenvalue weighted by atomic mass is 9.88. The summed E-state index contributed by atoms with van der Waals surface area (Å²) in [4.78, 5) is 32.5. The van der Waals surface area contributed by atoms with Crippen LogP contribution in [0.2, 0.25) is 0 Å². The number of nitrogens with one attached hydrogen (secondary N) is 1. The first-order valence-electron chi connectivity index (χ1n) is 10.3. The summed E-state index contributed by atoms with van der Waals surface area (Å²) in [5, 5.41) is 2.83. The summed E-state index contributed by atoms with van der Waals surface area (Å²) in [6.45, 7) is 1.94. The molecule has 2 aliphatic carbocycles. The standard InChI is InChI=1S/C23H26FN3O2/c1-16-8-10-17(11-9-16)21-22(29)27(23(26-21)12-3-2-4-13-23)15-20(28)25-19-7-5-6-18(24)14-19/h5-11,19H,2-4,12-15H2,1H3,(H,25,28). The molecule has 1 aliphatic heterocycles. The molecule has 0 bridgehead atoms. The number of hydrogen-bond donors (Lipinski definition) is 1. The van der Waals surface area contributed by atoms with Gasteiger partial charge < -0.3 is 10.2 Å². The van der Waals surface area contributed by atoms with Crippen molar-refractivity contribution in [3.63, 3.8) is 0 Å². The van der Waals surface area contributed by atoms with Gasteiger partial charge in [0.15, 0.2) is 0 Å². The lowest BCUT2D eigenvalue weighted by molar-refractivity contribution is -0.136. The van der Waals surface area contributed by atoms with Gasteiger partial charge in [0, 0.05) is 12.0 Å². The first-order chi connectivity index (χ1) is 14.0. The van der Waals surface area contributed by atoms with Gasteiger partial charge in [0.25, 0.3) is 5.91 Å². The summed E-state index contributed by atoms with van der Waals surface area (Å²) in [6, 6.07) is 7.36. The SMILES string of the molecule is Cc1ccc(C2=NC3(CCCCC3)N(CC(=O)NC3C=CC=C(F)C3)C2=O)cc1. The van der Waals surface area contributed by atoms with E-state index in [-0.39, 0.29) is 36.6 Å². The molecular weight excluding hydrogens is 369 g/mol. The molecule has 152 valence electrons. The van der Waals surface area contributed by atoms with E-state index in [1.54, 1.807) is 17.1 Å². The molecule has 0 aromatic heterocycles. The molecule has 4 rings (SSSR count). The van der Waals surface area contributed by atoms with Crippen molar-refractivity contribution in [1.82, 2.24) is 10.2 Å². The Morgan fingerprint density at radius 1 is 1.24 bits per heavy atom. The van der Waals surface area contributed by atoms with Gasteiger partial charge in [-0.05, 0) is 38.7 Å². The molecule has 1 spiro atoms. The monoisotopic (exact) mass is 395 g/mol. The van der Waals surface area contributed by atoms with Gasteiger partial charge in [0.2, 0.25) is 5.91 Å². The minimum absolute atomic E-state index is 0.0621. The molecule has 1 heterocycles. The smallest absolute Gasteiger partial charge is 0.275 e. The maximum Gasteiger partial charge on any atom is 0.275 e. The summed E-state index contributed by atoms with van der Waals surface area (Å²) in [6.07, 6.45) is 9.52. The van der Waals surface area contributed by atoms with E-state index in [0.29, 0.717) is 5.71 Å². The molecule has 6 heteroatoms. The average molecular weight is 395 g/mol. The molecule has 1 N–H and O–H groups in total. The zero-order chi connectivity index (χ0) is 20.4. The normalized spacial score (nSPS) is 23.2. The first-order valence-corrected chi connectivity index (χ1v) is 10.3. The number of benzene rings is 1. The molecule has 2 amide bonds. The number of nitrogens with zero attached hydrogens (tertiary/aromatic N) is 2. The van der Waals surface area contributed by atoms with E-state index in [1.807, 2.05) is 31.2 Å². The predicted octanol–water partition coefficient (Wildman–Crippen LogP) is 3.58. The van der Waals surface area contributed by atoms with Crippen LogP contribution in [-0.4, -0.2) is 40.7 Å². The Bertz CT molecular complexity index is 895. The zero-order valence-corrected chi connectivity index (χ0v) is 16.7. The molecule has 1 unspecified atom stereocenters. The number of allylic oxidation sites excluding steroid dienone is 2. The molecule has 1 fully saturated rings. The summed E-state index contributed by atoms with van der Waals surface area (Å²) in [7, 11) is 0. The van der Waals surface area contributed by atoms with E-state index in [1.165, 1.54) is 6.08 Å². The van der Waals surface area contributed by atoms with Gasteiger partial charge in [0.1, 0.15) is 23.7 Å². The molecule has 29 heavy (non-hydrogen) atoms. The maximum atomic E-state index is 13.5. The quantitative estimate of drug-likeness (QED) is 0.847. The minimum Gasteiger partial charge on any atom is -0.348 e. The van der Waals surface area contributed by atoms with Crippen LogP contribution in [0.1, 0.15) is 49.7 Å². The Balaban J connectivity index is 1.54. The van der Waals surface area contributed by atoms with Crippen LogP contribution in [0.25, 0.3) is 0 Å². The van der Waals surface area contributed by atoms with Crippen molar-refractivity contribution in [1.29, 1.82) is 0 Å². The fourth-order valence-electron chi connectivity index (χ4n) is 4.39. The van der Waals surface area contributed by atoms with Crippen molar-refractivity contribution in [2.75, 3.05) is 6.54 Å². The molecule has 0 radical (unpaired) electrons. The van der Waals surface area contributed by atoms with Gasteiger partial charge in [-0.15, -0.1) is 0 Å². The molecular formula is C23H26FN3O2. The molecule has 1 saturated carbocycles. The van der Waals surface area contributed by atoms with Crippen molar-refractivity contribution >= 4 is 17.5 Å². The molecule has 0 saturated heterocycles. The van der Waals surface area contributed by atoms with Gasteiger partial charge in [-0.3, -0.25) is 14.6 Å². The summed E-state index contributed by atoms with van der Waals surface area (Å²) < 4.78 is 13.5. The van der Waals surface area contributed by atoms with Crippen molar-refractivity contribution in [3.8, 4) is 0 Å². The Hall–Kier alpha value is -2.76. The fraction of sp³-hybridized carbons (Fsp3) is 0.435. The van der Waals surface area contributed by atoms with E-state index in [0.717, 1.165) is 43.2 Å². The van der Waals surface area contributed by atoms with Gasteiger partial charge in [0.05, 0.1) is 6.04 Å². The summed E-state index contributed by atoms with van der Waals surface area (Å²) in [5.74, 6) is -0.743. The number of carbonyl (C=O) groups is 2. The second kappa shape index (κ2) is 7.93. The van der Waals surface area contributed by atoms with Crippen LogP contribution >= 0.6 is 0 Å². The number of amides is 2. The number of aliphatic imine (C=N–C) groups is 1. The maximum absolute atomic E-state index is 13.5. The molecule has 1 aromatic rings. The highest BCUT2D eigenvalue weighted by Gasteiger charge is 2.48. The van der Waals surface area contributed by atoms with Crippen LogP contribution in [0.5, 0.6) is 0 Å². The number of aryl methyl sites for hydroxylation is 1. The summed E-state index contributed by atoms with van der Waals surface area (Å²) >= 11 is 0. The highest BCUT2D eigenvalue weighted by Crippen LogP contribution is 2.39. The van der Waals surface area contributed by atoms with Crippen molar-refractivity contribution in [2.45, 2.75) is 57.2 Å². The first kappa shape index (κ1) is 19.6. The lowest BCUT2D eigenvalue weighted by Gasteiger charge is -2.39. The average Bonchev–Trinajstić information content (AvgIpc) is 2.95. The van der Waals surface area contributed by atoms with E-state index in [2.05, 4.69) is 5.32 Å². The third-order valence-corrected chi connectivity index (χ3v) is 5.93. The Morgan fingerprint density at radius 3 is 2.66 bits per heavy atom. The number of rotatable bonds is 4. The third-order valence-electron chi connectivity index (χ3n) is 5.93. The molecule has 3 aliphatic rings. The molecule has 1 atom stereocenters. The Labute approximate surface area is 170 Å². The topological polar surface area (TPSA) is 61.8 Å². The lowest BCUT2D eigenvalue weighted by Crippen LogP contribution is -2.53. The van der Waals surface area contributed by atoms with E-state index in [9.17, 15) is 14.0 Å². The van der Waals surface area contributed by atoms with Gasteiger partial charge in [-0.1, -0.05) is 48.4 Å². The fourth-order valence-corrected chi connectivity index (χ4v) is 4.39. The van der Waals surface area contributed by atoms with Gasteiger partial charge in [-0.2, -0.15) is 0 Å². The van der Waals surface area contributed by atoms with Crippen molar-refractivity contribution < 1.29 is 14.0 Å².